The van der Waals surface area contributed by atoms with Gasteiger partial charge in [-0.25, -0.2) is 4.57 Å². The van der Waals surface area contributed by atoms with Crippen LogP contribution in [0.4, 0.5) is 0 Å². The summed E-state index contributed by atoms with van der Waals surface area (Å²) >= 11 is 0. The molecule has 0 rings (SSSR count). The molecule has 9 heteroatoms. The van der Waals surface area contributed by atoms with Crippen molar-refractivity contribution < 1.29 is 32.9 Å². The van der Waals surface area contributed by atoms with E-state index in [1.54, 1.807) is 6.08 Å². The van der Waals surface area contributed by atoms with Crippen molar-refractivity contribution in [3.8, 4) is 0 Å². The molecule has 0 aromatic carbocycles. The molecule has 0 aliphatic carbocycles. The summed E-state index contributed by atoms with van der Waals surface area (Å²) < 4.78 is 23.4. The van der Waals surface area contributed by atoms with E-state index >= 15 is 0 Å². The molecule has 370 valence electrons. The largest absolute Gasteiger partial charge is 0.472 e. The fourth-order valence-corrected chi connectivity index (χ4v) is 7.77. The number of phosphoric acid groups is 1. The molecular weight excluding hydrogens is 816 g/mol. The van der Waals surface area contributed by atoms with Gasteiger partial charge in [-0.1, -0.05) is 214 Å². The van der Waals surface area contributed by atoms with E-state index in [1.165, 1.54) is 109 Å². The number of nitrogens with one attached hydrogen (secondary N) is 1. The first-order valence-electron chi connectivity index (χ1n) is 26.0. The van der Waals surface area contributed by atoms with E-state index in [1.807, 2.05) is 27.2 Å². The van der Waals surface area contributed by atoms with Crippen LogP contribution in [0.5, 0.6) is 0 Å². The molecule has 0 aliphatic rings. The number of nitrogens with zero attached hydrogens (tertiary/aromatic N) is 1. The van der Waals surface area contributed by atoms with Crippen molar-refractivity contribution in [1.29, 1.82) is 0 Å². The molecule has 3 atom stereocenters. The molecule has 0 fully saturated rings. The van der Waals surface area contributed by atoms with Crippen LogP contribution < -0.4 is 5.32 Å². The van der Waals surface area contributed by atoms with E-state index in [2.05, 4.69) is 92.1 Å². The van der Waals surface area contributed by atoms with Crippen molar-refractivity contribution >= 4 is 13.7 Å². The molecule has 0 aliphatic heterocycles. The van der Waals surface area contributed by atoms with Gasteiger partial charge in [-0.3, -0.25) is 13.8 Å². The zero-order valence-electron chi connectivity index (χ0n) is 42.0. The van der Waals surface area contributed by atoms with Gasteiger partial charge in [0.1, 0.15) is 13.2 Å². The Morgan fingerprint density at radius 3 is 1.42 bits per heavy atom. The highest BCUT2D eigenvalue weighted by Gasteiger charge is 2.27. The first kappa shape index (κ1) is 61.7. The summed E-state index contributed by atoms with van der Waals surface area (Å²) in [5.74, 6) is -0.193. The summed E-state index contributed by atoms with van der Waals surface area (Å²) in [5.41, 5.74) is 0. The number of carbonyl (C=O) groups excluding carboxylic acids is 1. The van der Waals surface area contributed by atoms with Crippen molar-refractivity contribution in [2.45, 2.75) is 219 Å². The Labute approximate surface area is 395 Å². The van der Waals surface area contributed by atoms with Crippen molar-refractivity contribution in [2.24, 2.45) is 0 Å². The van der Waals surface area contributed by atoms with Gasteiger partial charge in [0, 0.05) is 6.42 Å². The number of carbonyl (C=O) groups is 1. The Morgan fingerprint density at radius 1 is 0.547 bits per heavy atom. The molecule has 0 aromatic heterocycles. The molecule has 0 spiro atoms. The second-order valence-electron chi connectivity index (χ2n) is 18.5. The number of unbranched alkanes of at least 4 members (excludes halogenated alkanes) is 21. The summed E-state index contributed by atoms with van der Waals surface area (Å²) in [6.07, 6.45) is 64.4. The molecule has 0 aromatic rings. The summed E-state index contributed by atoms with van der Waals surface area (Å²) in [5, 5.41) is 13.7. The Hall–Kier alpha value is -2.32. The third-order valence-corrected chi connectivity index (χ3v) is 12.1. The van der Waals surface area contributed by atoms with E-state index in [-0.39, 0.29) is 19.1 Å². The summed E-state index contributed by atoms with van der Waals surface area (Å²) in [4.78, 5) is 23.0. The van der Waals surface area contributed by atoms with Crippen molar-refractivity contribution in [3.05, 3.63) is 85.1 Å². The molecule has 0 saturated heterocycles. The Balaban J connectivity index is 3.88. The van der Waals surface area contributed by atoms with Crippen LogP contribution in [0.2, 0.25) is 0 Å². The highest BCUT2D eigenvalue weighted by Crippen LogP contribution is 2.43. The topological polar surface area (TPSA) is 105 Å². The van der Waals surface area contributed by atoms with Gasteiger partial charge in [0.05, 0.1) is 39.9 Å². The second-order valence-corrected chi connectivity index (χ2v) is 20.0. The average Bonchev–Trinajstić information content (AvgIpc) is 3.25. The van der Waals surface area contributed by atoms with E-state index in [0.29, 0.717) is 17.4 Å². The lowest BCUT2D eigenvalue weighted by Crippen LogP contribution is -2.45. The highest BCUT2D eigenvalue weighted by atomic mass is 31.2. The number of aliphatic hydroxyl groups is 1. The monoisotopic (exact) mass is 916 g/mol. The number of allylic oxidation sites excluding steroid dienone is 13. The average molecular weight is 916 g/mol. The quantitative estimate of drug-likeness (QED) is 0.0243. The van der Waals surface area contributed by atoms with Crippen LogP contribution in [0.3, 0.4) is 0 Å². The molecule has 0 saturated carbocycles. The Kier molecular flexibility index (Phi) is 44.2. The SMILES string of the molecule is CC/C=C\C/C=C\C/C=C\C/C=C\C/C=C\CCCCCCCCCCCCCCCCCCCCCC(=O)NC(COP(=O)(O)OCC[N+](C)(C)C)C(O)/C=C/CC/C=C/CCC. The number of aliphatic hydroxyl groups excluding tert-OH is 1. The van der Waals surface area contributed by atoms with Gasteiger partial charge in [0.2, 0.25) is 5.91 Å². The van der Waals surface area contributed by atoms with Crippen molar-refractivity contribution in [1.82, 2.24) is 5.32 Å². The lowest BCUT2D eigenvalue weighted by molar-refractivity contribution is -0.870. The lowest BCUT2D eigenvalue weighted by Gasteiger charge is -2.25. The lowest BCUT2D eigenvalue weighted by atomic mass is 10.0. The van der Waals surface area contributed by atoms with Crippen LogP contribution in [0, 0.1) is 0 Å². The summed E-state index contributed by atoms with van der Waals surface area (Å²) in [6, 6.07) is -0.862. The molecule has 1 amide bonds. The van der Waals surface area contributed by atoms with Crippen LogP contribution in [0.1, 0.15) is 206 Å². The molecule has 64 heavy (non-hydrogen) atoms. The Bertz CT molecular complexity index is 1310. The molecule has 3 N–H and O–H groups in total. The summed E-state index contributed by atoms with van der Waals surface area (Å²) in [7, 11) is 1.55. The van der Waals surface area contributed by atoms with E-state index in [4.69, 9.17) is 9.05 Å². The van der Waals surface area contributed by atoms with Crippen molar-refractivity contribution in [3.63, 3.8) is 0 Å². The number of phosphoric ester groups is 1. The molecule has 0 radical (unpaired) electrons. The third kappa shape index (κ3) is 47.6. The van der Waals surface area contributed by atoms with Crippen LogP contribution >= 0.6 is 7.82 Å². The molecule has 3 unspecified atom stereocenters. The van der Waals surface area contributed by atoms with Crippen LogP contribution in [0.15, 0.2) is 85.1 Å². The molecule has 0 bridgehead atoms. The maximum Gasteiger partial charge on any atom is 0.472 e. The standard InChI is InChI=1S/C55H99N2O6P/c1-6-8-10-12-14-15-16-17-18-19-20-21-22-23-24-25-26-27-28-29-30-31-32-33-34-35-36-37-38-39-40-41-43-45-47-49-55(59)56-53(54(58)48-46-44-42-13-11-9-7-2)52-63-64(60,61)62-51-50-57(3,4)5/h8,10-11,13-15,17-18,20-21,23-24,46,48,53-54,58H,6-7,9,12,16,19,22,25-45,47,49-52H2,1-5H3,(H-,56,59,60,61)/p+1/b10-8-,13-11+,15-14-,18-17-,21-20-,24-23-,48-46+. The predicted octanol–water partition coefficient (Wildman–Crippen LogP) is 15.3. The summed E-state index contributed by atoms with van der Waals surface area (Å²) in [6.45, 7) is 4.56. The van der Waals surface area contributed by atoms with Gasteiger partial charge in [-0.05, 0) is 70.6 Å². The first-order valence-corrected chi connectivity index (χ1v) is 27.5. The normalized spacial score (nSPS) is 14.8. The molecular formula is C55H100N2O6P+. The number of hydrogen-bond acceptors (Lipinski definition) is 5. The fraction of sp³-hybridized carbons (Fsp3) is 0.727. The van der Waals surface area contributed by atoms with Gasteiger partial charge < -0.3 is 19.8 Å². The van der Waals surface area contributed by atoms with Gasteiger partial charge in [-0.15, -0.1) is 0 Å². The smallest absolute Gasteiger partial charge is 0.387 e. The third-order valence-electron chi connectivity index (χ3n) is 11.1. The van der Waals surface area contributed by atoms with Gasteiger partial charge >= 0.3 is 7.82 Å². The van der Waals surface area contributed by atoms with E-state index in [9.17, 15) is 19.4 Å². The van der Waals surface area contributed by atoms with Crippen LogP contribution in [0.25, 0.3) is 0 Å². The minimum Gasteiger partial charge on any atom is -0.387 e. The van der Waals surface area contributed by atoms with E-state index < -0.39 is 20.0 Å². The molecule has 8 nitrogen and oxygen atoms in total. The van der Waals surface area contributed by atoms with Gasteiger partial charge in [0.25, 0.3) is 0 Å². The van der Waals surface area contributed by atoms with Crippen molar-refractivity contribution in [2.75, 3.05) is 40.9 Å². The number of hydrogen-bond donors (Lipinski definition) is 3. The highest BCUT2D eigenvalue weighted by molar-refractivity contribution is 7.47. The number of rotatable bonds is 46. The first-order chi connectivity index (χ1) is 31.0. The van der Waals surface area contributed by atoms with Gasteiger partial charge in [0.15, 0.2) is 0 Å². The number of likely N-dealkylation sites (N-methyl/N-ethyl adjacent to an activating group) is 1. The van der Waals surface area contributed by atoms with Crippen LogP contribution in [-0.2, 0) is 18.4 Å². The Morgan fingerprint density at radius 2 is 0.953 bits per heavy atom. The maximum absolute atomic E-state index is 12.8. The number of quaternary nitrogens is 1. The van der Waals surface area contributed by atoms with Crippen LogP contribution in [-0.4, -0.2) is 73.4 Å². The molecule has 0 heterocycles. The minimum absolute atomic E-state index is 0.0537. The predicted molar refractivity (Wildman–Crippen MR) is 276 cm³/mol. The second kappa shape index (κ2) is 45.8. The van der Waals surface area contributed by atoms with Gasteiger partial charge in [-0.2, -0.15) is 0 Å². The zero-order valence-corrected chi connectivity index (χ0v) is 42.9. The minimum atomic E-state index is -4.34. The number of amides is 1. The van der Waals surface area contributed by atoms with E-state index in [0.717, 1.165) is 77.0 Å². The maximum atomic E-state index is 12.8. The zero-order chi connectivity index (χ0) is 47.1. The fourth-order valence-electron chi connectivity index (χ4n) is 7.03.